The Kier molecular flexibility index (Phi) is 2.52. The summed E-state index contributed by atoms with van der Waals surface area (Å²) < 4.78 is 2.99. The zero-order valence-corrected chi connectivity index (χ0v) is 11.0. The summed E-state index contributed by atoms with van der Waals surface area (Å²) in [5.41, 5.74) is 8.50. The highest BCUT2D eigenvalue weighted by atomic mass is 32.1. The quantitative estimate of drug-likeness (QED) is 0.768. The lowest BCUT2D eigenvalue weighted by atomic mass is 10.2. The average Bonchev–Trinajstić information content (AvgIpc) is 2.95. The molecule has 3 aromatic rings. The molecule has 0 atom stereocenters. The lowest BCUT2D eigenvalue weighted by Gasteiger charge is -2.11. The Hall–Kier alpha value is -1.95. The minimum Gasteiger partial charge on any atom is -0.368 e. The molecule has 5 nitrogen and oxygen atoms in total. The maximum atomic E-state index is 5.77. The third kappa shape index (κ3) is 1.65. The maximum Gasteiger partial charge on any atom is 0.221 e. The van der Waals surface area contributed by atoms with Crippen molar-refractivity contribution in [2.24, 2.45) is 0 Å². The first-order valence-electron chi connectivity index (χ1n) is 5.71. The highest BCUT2D eigenvalue weighted by Crippen LogP contribution is 2.31. The molecule has 0 saturated heterocycles. The summed E-state index contributed by atoms with van der Waals surface area (Å²) in [5, 5.41) is 6.33. The molecule has 2 N–H and O–H groups in total. The minimum atomic E-state index is 0.279. The molecule has 3 aromatic heterocycles. The third-order valence-electron chi connectivity index (χ3n) is 2.72. The van der Waals surface area contributed by atoms with Crippen LogP contribution in [0, 0.1) is 0 Å². The van der Waals surface area contributed by atoms with Crippen LogP contribution in [-0.4, -0.2) is 19.7 Å². The van der Waals surface area contributed by atoms with Crippen molar-refractivity contribution in [2.75, 3.05) is 5.73 Å². The second kappa shape index (κ2) is 4.06. The predicted molar refractivity (Wildman–Crippen MR) is 73.4 cm³/mol. The van der Waals surface area contributed by atoms with Crippen LogP contribution in [0.25, 0.3) is 21.6 Å². The Labute approximate surface area is 108 Å². The van der Waals surface area contributed by atoms with Gasteiger partial charge in [-0.25, -0.2) is 9.97 Å². The average molecular weight is 259 g/mol. The zero-order chi connectivity index (χ0) is 12.7. The monoisotopic (exact) mass is 259 g/mol. The second-order valence-electron chi connectivity index (χ2n) is 4.32. The molecule has 6 heteroatoms. The zero-order valence-electron chi connectivity index (χ0n) is 10.2. The van der Waals surface area contributed by atoms with Crippen molar-refractivity contribution in [3.63, 3.8) is 0 Å². The van der Waals surface area contributed by atoms with Crippen molar-refractivity contribution in [1.29, 1.82) is 0 Å². The molecule has 0 amide bonds. The Morgan fingerprint density at radius 3 is 2.89 bits per heavy atom. The normalized spacial score (nSPS) is 11.5. The summed E-state index contributed by atoms with van der Waals surface area (Å²) in [6.07, 6.45) is 1.78. The lowest BCUT2D eigenvalue weighted by molar-refractivity contribution is 0.538. The molecule has 0 aromatic carbocycles. The van der Waals surface area contributed by atoms with E-state index in [0.29, 0.717) is 5.95 Å². The van der Waals surface area contributed by atoms with Crippen LogP contribution >= 0.6 is 11.3 Å². The maximum absolute atomic E-state index is 5.77. The SMILES string of the molecule is CC(C)n1nccc1-c1nc(N)nc2ccsc12. The molecule has 0 aliphatic carbocycles. The molecule has 92 valence electrons. The van der Waals surface area contributed by atoms with Gasteiger partial charge in [-0.05, 0) is 31.4 Å². The van der Waals surface area contributed by atoms with Crippen LogP contribution in [0.2, 0.25) is 0 Å². The van der Waals surface area contributed by atoms with E-state index >= 15 is 0 Å². The smallest absolute Gasteiger partial charge is 0.221 e. The Balaban J connectivity index is 2.30. The van der Waals surface area contributed by atoms with Crippen molar-refractivity contribution in [3.8, 4) is 11.4 Å². The summed E-state index contributed by atoms with van der Waals surface area (Å²) >= 11 is 1.62. The van der Waals surface area contributed by atoms with E-state index in [1.165, 1.54) is 0 Å². The van der Waals surface area contributed by atoms with Gasteiger partial charge in [0.2, 0.25) is 5.95 Å². The number of hydrogen-bond donors (Lipinski definition) is 1. The molecule has 0 unspecified atom stereocenters. The van der Waals surface area contributed by atoms with Crippen LogP contribution in [0.15, 0.2) is 23.7 Å². The van der Waals surface area contributed by atoms with Gasteiger partial charge in [0, 0.05) is 12.2 Å². The molecule has 0 aliphatic heterocycles. The van der Waals surface area contributed by atoms with Crippen LogP contribution in [0.5, 0.6) is 0 Å². The Morgan fingerprint density at radius 1 is 1.28 bits per heavy atom. The molecule has 0 spiro atoms. The molecule has 18 heavy (non-hydrogen) atoms. The van der Waals surface area contributed by atoms with E-state index in [0.717, 1.165) is 21.6 Å². The minimum absolute atomic E-state index is 0.279. The van der Waals surface area contributed by atoms with Gasteiger partial charge >= 0.3 is 0 Å². The summed E-state index contributed by atoms with van der Waals surface area (Å²) in [7, 11) is 0. The van der Waals surface area contributed by atoms with Crippen molar-refractivity contribution in [3.05, 3.63) is 23.7 Å². The van der Waals surface area contributed by atoms with Crippen molar-refractivity contribution < 1.29 is 0 Å². The number of nitrogen functional groups attached to an aromatic ring is 1. The number of thiophene rings is 1. The molecule has 0 saturated carbocycles. The molecule has 0 aliphatic rings. The van der Waals surface area contributed by atoms with Gasteiger partial charge in [-0.1, -0.05) is 0 Å². The fourth-order valence-electron chi connectivity index (χ4n) is 1.97. The van der Waals surface area contributed by atoms with E-state index in [4.69, 9.17) is 5.73 Å². The number of hydrogen-bond acceptors (Lipinski definition) is 5. The van der Waals surface area contributed by atoms with Crippen LogP contribution in [0.4, 0.5) is 5.95 Å². The highest BCUT2D eigenvalue weighted by Gasteiger charge is 2.15. The first-order chi connectivity index (χ1) is 8.66. The van der Waals surface area contributed by atoms with Crippen LogP contribution in [0.3, 0.4) is 0 Å². The lowest BCUT2D eigenvalue weighted by Crippen LogP contribution is -2.06. The van der Waals surface area contributed by atoms with Gasteiger partial charge in [0.15, 0.2) is 0 Å². The largest absolute Gasteiger partial charge is 0.368 e. The summed E-state index contributed by atoms with van der Waals surface area (Å²) in [5.74, 6) is 0.299. The van der Waals surface area contributed by atoms with Crippen molar-refractivity contribution >= 4 is 27.5 Å². The summed E-state index contributed by atoms with van der Waals surface area (Å²) in [4.78, 5) is 8.60. The van der Waals surface area contributed by atoms with Gasteiger partial charge in [0.1, 0.15) is 5.69 Å². The predicted octanol–water partition coefficient (Wildman–Crippen LogP) is 2.72. The third-order valence-corrected chi connectivity index (χ3v) is 3.63. The first kappa shape index (κ1) is 11.2. The topological polar surface area (TPSA) is 69.6 Å². The summed E-state index contributed by atoms with van der Waals surface area (Å²) in [6, 6.07) is 4.19. The van der Waals surface area contributed by atoms with Gasteiger partial charge < -0.3 is 5.73 Å². The van der Waals surface area contributed by atoms with Gasteiger partial charge in [-0.2, -0.15) is 5.10 Å². The van der Waals surface area contributed by atoms with Crippen LogP contribution in [-0.2, 0) is 0 Å². The number of anilines is 1. The van der Waals surface area contributed by atoms with Gasteiger partial charge in [-0.3, -0.25) is 4.68 Å². The van der Waals surface area contributed by atoms with E-state index < -0.39 is 0 Å². The molecule has 3 heterocycles. The fourth-order valence-corrected chi connectivity index (χ4v) is 2.80. The van der Waals surface area contributed by atoms with E-state index in [1.807, 2.05) is 22.2 Å². The van der Waals surface area contributed by atoms with E-state index in [2.05, 4.69) is 28.9 Å². The molecular formula is C12H13N5S. The first-order valence-corrected chi connectivity index (χ1v) is 6.59. The van der Waals surface area contributed by atoms with E-state index in [1.54, 1.807) is 17.5 Å². The van der Waals surface area contributed by atoms with Crippen molar-refractivity contribution in [1.82, 2.24) is 19.7 Å². The Morgan fingerprint density at radius 2 is 2.11 bits per heavy atom. The molecule has 0 radical (unpaired) electrons. The second-order valence-corrected chi connectivity index (χ2v) is 5.24. The van der Waals surface area contributed by atoms with Gasteiger partial charge in [-0.15, -0.1) is 11.3 Å². The number of nitrogens with two attached hydrogens (primary N) is 1. The molecular weight excluding hydrogens is 246 g/mol. The number of rotatable bonds is 2. The number of aromatic nitrogens is 4. The van der Waals surface area contributed by atoms with Gasteiger partial charge in [0.05, 0.1) is 15.9 Å². The number of nitrogens with zero attached hydrogens (tertiary/aromatic N) is 4. The Bertz CT molecular complexity index is 697. The van der Waals surface area contributed by atoms with Crippen LogP contribution < -0.4 is 5.73 Å². The van der Waals surface area contributed by atoms with Crippen LogP contribution in [0.1, 0.15) is 19.9 Å². The number of fused-ring (bicyclic) bond motifs is 1. The van der Waals surface area contributed by atoms with Gasteiger partial charge in [0.25, 0.3) is 0 Å². The molecule has 0 fully saturated rings. The van der Waals surface area contributed by atoms with E-state index in [-0.39, 0.29) is 6.04 Å². The molecule has 3 rings (SSSR count). The summed E-state index contributed by atoms with van der Waals surface area (Å²) in [6.45, 7) is 4.18. The highest BCUT2D eigenvalue weighted by molar-refractivity contribution is 7.17. The van der Waals surface area contributed by atoms with E-state index in [9.17, 15) is 0 Å². The standard InChI is InChI=1S/C12H13N5S/c1-7(2)17-9(3-5-14-17)10-11-8(4-6-18-11)15-12(13)16-10/h3-7H,1-2H3,(H2,13,15,16). The van der Waals surface area contributed by atoms with Crippen molar-refractivity contribution in [2.45, 2.75) is 19.9 Å². The fraction of sp³-hybridized carbons (Fsp3) is 0.250. The molecule has 0 bridgehead atoms.